The monoisotopic (exact) mass is 479 g/mol. The maximum atomic E-state index is 11.3. The molecule has 134 valence electrons. The predicted octanol–water partition coefficient (Wildman–Crippen LogP) is 4.87. The van der Waals surface area contributed by atoms with Crippen molar-refractivity contribution in [3.63, 3.8) is 0 Å². The molecule has 0 spiro atoms. The summed E-state index contributed by atoms with van der Waals surface area (Å²) < 4.78 is 0.571. The van der Waals surface area contributed by atoms with E-state index >= 15 is 0 Å². The van der Waals surface area contributed by atoms with Crippen LogP contribution in [0, 0.1) is 0 Å². The first-order valence-corrected chi connectivity index (χ1v) is 9.29. The molecule has 0 heterocycles. The first kappa shape index (κ1) is 18.5. The number of halogens is 2. The number of hydrogen-bond donors (Lipinski definition) is 3. The maximum absolute atomic E-state index is 11.3. The minimum absolute atomic E-state index is 0.110. The highest BCUT2D eigenvalue weighted by molar-refractivity contribution is 9.11. The zero-order chi connectivity index (χ0) is 18.8. The molecule has 0 atom stereocenters. The molecule has 7 heteroatoms. The lowest BCUT2D eigenvalue weighted by Crippen LogP contribution is -2.29. The molecule has 0 amide bonds. The third kappa shape index (κ3) is 3.78. The van der Waals surface area contributed by atoms with Crippen molar-refractivity contribution in [1.82, 2.24) is 0 Å². The molecule has 0 aliphatic carbocycles. The standard InChI is InChI=1S/C19H15Br2NO4/c20-15-8-13(18(25)17(21)19(15)26)9-22(10-16(23)24)14-6-5-11-3-1-2-4-12(11)7-14/h1-8,25-26H,9-10H2,(H,23,24). The Bertz CT molecular complexity index is 991. The highest BCUT2D eigenvalue weighted by Gasteiger charge is 2.18. The quantitative estimate of drug-likeness (QED) is 0.485. The molecule has 3 N–H and O–H groups in total. The van der Waals surface area contributed by atoms with Crippen LogP contribution in [0.5, 0.6) is 11.5 Å². The molecular formula is C19H15Br2NO4. The van der Waals surface area contributed by atoms with Gasteiger partial charge in [-0.1, -0.05) is 30.3 Å². The van der Waals surface area contributed by atoms with Crippen LogP contribution in [0.3, 0.4) is 0 Å². The lowest BCUT2D eigenvalue weighted by Gasteiger charge is -2.24. The summed E-state index contributed by atoms with van der Waals surface area (Å²) in [5.41, 5.74) is 1.21. The van der Waals surface area contributed by atoms with Gasteiger partial charge < -0.3 is 20.2 Å². The Hall–Kier alpha value is -2.25. The number of benzene rings is 3. The van der Waals surface area contributed by atoms with E-state index in [-0.39, 0.29) is 29.1 Å². The fourth-order valence-electron chi connectivity index (χ4n) is 2.75. The molecule has 0 bridgehead atoms. The second kappa shape index (κ2) is 7.55. The average molecular weight is 481 g/mol. The number of fused-ring (bicyclic) bond motifs is 1. The molecule has 26 heavy (non-hydrogen) atoms. The summed E-state index contributed by atoms with van der Waals surface area (Å²) in [6, 6.07) is 15.1. The van der Waals surface area contributed by atoms with Gasteiger partial charge in [-0.05, 0) is 60.8 Å². The largest absolute Gasteiger partial charge is 0.506 e. The van der Waals surface area contributed by atoms with Crippen molar-refractivity contribution in [3.05, 3.63) is 63.0 Å². The highest BCUT2D eigenvalue weighted by Crippen LogP contribution is 2.42. The number of rotatable bonds is 5. The Kier molecular flexibility index (Phi) is 5.38. The Balaban J connectivity index is 2.02. The topological polar surface area (TPSA) is 81.0 Å². The minimum atomic E-state index is -0.977. The fraction of sp³-hybridized carbons (Fsp3) is 0.105. The molecule has 0 aliphatic rings. The number of aliphatic carboxylic acids is 1. The summed E-state index contributed by atoms with van der Waals surface area (Å²) >= 11 is 6.38. The zero-order valence-electron chi connectivity index (χ0n) is 13.5. The normalized spacial score (nSPS) is 10.8. The van der Waals surface area contributed by atoms with Crippen LogP contribution in [0.2, 0.25) is 0 Å². The van der Waals surface area contributed by atoms with E-state index in [0.717, 1.165) is 16.5 Å². The van der Waals surface area contributed by atoms with Crippen molar-refractivity contribution < 1.29 is 20.1 Å². The third-order valence-electron chi connectivity index (χ3n) is 4.03. The van der Waals surface area contributed by atoms with Crippen molar-refractivity contribution in [2.45, 2.75) is 6.54 Å². The number of carboxylic acid groups (broad SMARTS) is 1. The third-order valence-corrected chi connectivity index (χ3v) is 5.39. The molecule has 0 aromatic heterocycles. The van der Waals surface area contributed by atoms with Crippen LogP contribution in [0.1, 0.15) is 5.56 Å². The van der Waals surface area contributed by atoms with Gasteiger partial charge in [-0.3, -0.25) is 4.79 Å². The van der Waals surface area contributed by atoms with Gasteiger partial charge in [0.2, 0.25) is 0 Å². The molecule has 5 nitrogen and oxygen atoms in total. The molecule has 3 rings (SSSR count). The van der Waals surface area contributed by atoms with Gasteiger partial charge in [-0.2, -0.15) is 0 Å². The summed E-state index contributed by atoms with van der Waals surface area (Å²) in [4.78, 5) is 13.0. The van der Waals surface area contributed by atoms with Gasteiger partial charge in [-0.15, -0.1) is 0 Å². The predicted molar refractivity (Wildman–Crippen MR) is 108 cm³/mol. The van der Waals surface area contributed by atoms with Gasteiger partial charge in [-0.25, -0.2) is 0 Å². The van der Waals surface area contributed by atoms with E-state index in [4.69, 9.17) is 0 Å². The number of carbonyl (C=O) groups is 1. The molecular weight excluding hydrogens is 466 g/mol. The van der Waals surface area contributed by atoms with E-state index in [9.17, 15) is 20.1 Å². The van der Waals surface area contributed by atoms with Crippen LogP contribution in [0.15, 0.2) is 57.5 Å². The number of phenols is 2. The second-order valence-corrected chi connectivity index (χ2v) is 7.46. The average Bonchev–Trinajstić information content (AvgIpc) is 2.63. The Labute approximate surface area is 166 Å². The number of phenolic OH excluding ortho intramolecular Hbond substituents is 2. The number of anilines is 1. The van der Waals surface area contributed by atoms with E-state index in [1.807, 2.05) is 42.5 Å². The lowest BCUT2D eigenvalue weighted by molar-refractivity contribution is -0.135. The van der Waals surface area contributed by atoms with Crippen molar-refractivity contribution in [3.8, 4) is 11.5 Å². The van der Waals surface area contributed by atoms with Crippen LogP contribution in [-0.4, -0.2) is 27.8 Å². The molecule has 0 radical (unpaired) electrons. The van der Waals surface area contributed by atoms with Crippen LogP contribution in [-0.2, 0) is 11.3 Å². The molecule has 0 fully saturated rings. The Morgan fingerprint density at radius 2 is 1.65 bits per heavy atom. The SMILES string of the molecule is O=C(O)CN(Cc1cc(Br)c(O)c(Br)c1O)c1ccc2ccccc2c1. The van der Waals surface area contributed by atoms with Crippen molar-refractivity contribution in [1.29, 1.82) is 0 Å². The van der Waals surface area contributed by atoms with Gasteiger partial charge >= 0.3 is 5.97 Å². The minimum Gasteiger partial charge on any atom is -0.506 e. The van der Waals surface area contributed by atoms with Gasteiger partial charge in [0.1, 0.15) is 22.5 Å². The number of carboxylic acids is 1. The molecule has 3 aromatic carbocycles. The van der Waals surface area contributed by atoms with Crippen molar-refractivity contribution >= 4 is 54.3 Å². The van der Waals surface area contributed by atoms with Gasteiger partial charge in [0.05, 0.1) is 4.47 Å². The van der Waals surface area contributed by atoms with E-state index in [2.05, 4.69) is 31.9 Å². The molecule has 3 aromatic rings. The number of hydrogen-bond acceptors (Lipinski definition) is 4. The van der Waals surface area contributed by atoms with Crippen LogP contribution in [0.25, 0.3) is 10.8 Å². The molecule has 0 saturated heterocycles. The van der Waals surface area contributed by atoms with Gasteiger partial charge in [0.15, 0.2) is 0 Å². The molecule has 0 unspecified atom stereocenters. The van der Waals surface area contributed by atoms with Crippen molar-refractivity contribution in [2.75, 3.05) is 11.4 Å². The van der Waals surface area contributed by atoms with Gasteiger partial charge in [0, 0.05) is 17.8 Å². The van der Waals surface area contributed by atoms with Crippen LogP contribution in [0.4, 0.5) is 5.69 Å². The van der Waals surface area contributed by atoms with Crippen LogP contribution < -0.4 is 4.90 Å². The van der Waals surface area contributed by atoms with Crippen molar-refractivity contribution in [2.24, 2.45) is 0 Å². The van der Waals surface area contributed by atoms with E-state index in [1.165, 1.54) is 0 Å². The second-order valence-electron chi connectivity index (χ2n) is 5.81. The zero-order valence-corrected chi connectivity index (χ0v) is 16.7. The van der Waals surface area contributed by atoms with E-state index in [0.29, 0.717) is 10.0 Å². The maximum Gasteiger partial charge on any atom is 0.323 e. The smallest absolute Gasteiger partial charge is 0.323 e. The number of nitrogens with zero attached hydrogens (tertiary/aromatic N) is 1. The fourth-order valence-corrected chi connectivity index (χ4v) is 3.96. The highest BCUT2D eigenvalue weighted by atomic mass is 79.9. The lowest BCUT2D eigenvalue weighted by atomic mass is 10.1. The summed E-state index contributed by atoms with van der Waals surface area (Å²) in [6.45, 7) is -0.0676. The first-order valence-electron chi connectivity index (χ1n) is 7.71. The molecule has 0 aliphatic heterocycles. The summed E-state index contributed by atoms with van der Waals surface area (Å²) in [7, 11) is 0. The van der Waals surface area contributed by atoms with Gasteiger partial charge in [0.25, 0.3) is 0 Å². The number of aromatic hydroxyl groups is 2. The summed E-state index contributed by atoms with van der Waals surface area (Å²) in [5, 5.41) is 31.5. The Morgan fingerprint density at radius 3 is 2.35 bits per heavy atom. The Morgan fingerprint density at radius 1 is 0.962 bits per heavy atom. The van der Waals surface area contributed by atoms with E-state index < -0.39 is 5.97 Å². The first-order chi connectivity index (χ1) is 12.4. The van der Waals surface area contributed by atoms with E-state index in [1.54, 1.807) is 11.0 Å². The summed E-state index contributed by atoms with van der Waals surface area (Å²) in [6.07, 6.45) is 0. The molecule has 0 saturated carbocycles. The van der Waals surface area contributed by atoms with Crippen LogP contribution >= 0.6 is 31.9 Å². The summed E-state index contributed by atoms with van der Waals surface area (Å²) in [5.74, 6) is -1.21.